The van der Waals surface area contributed by atoms with E-state index >= 15 is 0 Å². The highest BCUT2D eigenvalue weighted by atomic mass is 35.5. The highest BCUT2D eigenvalue weighted by Crippen LogP contribution is 2.35. The first-order valence-corrected chi connectivity index (χ1v) is 10.0. The van der Waals surface area contributed by atoms with Gasteiger partial charge in [0.05, 0.1) is 43.3 Å². The number of rotatable bonds is 7. The molecule has 8 nitrogen and oxygen atoms in total. The normalized spacial score (nSPS) is 11.0. The van der Waals surface area contributed by atoms with Crippen LogP contribution in [0.1, 0.15) is 5.69 Å². The number of sulfonamides is 1. The smallest absolute Gasteiger partial charge is 0.231 e. The number of amides is 1. The third-order valence-electron chi connectivity index (χ3n) is 2.91. The van der Waals surface area contributed by atoms with Crippen molar-refractivity contribution in [1.82, 2.24) is 4.98 Å². The summed E-state index contributed by atoms with van der Waals surface area (Å²) in [6.07, 6.45) is 0.995. The first-order chi connectivity index (χ1) is 11.7. The standard InChI is InChI=1S/C14H16ClN3O5S2/c1-22-11-6-12(23-2)10(5-9(11)15)17-13(19)4-8-7-24-14(16-8)18-25(3,20)21/h5-7H,4H2,1-3H3,(H,16,18)(H,17,19). The minimum Gasteiger partial charge on any atom is -0.495 e. The number of carbonyl (C=O) groups is 1. The number of hydrogen-bond acceptors (Lipinski definition) is 7. The van der Waals surface area contributed by atoms with Crippen LogP contribution in [0.3, 0.4) is 0 Å². The quantitative estimate of drug-likeness (QED) is 0.732. The van der Waals surface area contributed by atoms with Gasteiger partial charge >= 0.3 is 0 Å². The summed E-state index contributed by atoms with van der Waals surface area (Å²) >= 11 is 7.16. The number of carbonyl (C=O) groups excluding carboxylic acids is 1. The fourth-order valence-electron chi connectivity index (χ4n) is 1.91. The summed E-state index contributed by atoms with van der Waals surface area (Å²) in [5, 5.41) is 4.81. The molecule has 2 rings (SSSR count). The Labute approximate surface area is 154 Å². The molecule has 11 heteroatoms. The second kappa shape index (κ2) is 7.89. The Morgan fingerprint density at radius 3 is 2.56 bits per heavy atom. The van der Waals surface area contributed by atoms with Crippen molar-refractivity contribution in [3.8, 4) is 11.5 Å². The summed E-state index contributed by atoms with van der Waals surface area (Å²) in [6.45, 7) is 0. The van der Waals surface area contributed by atoms with Crippen LogP contribution in [0, 0.1) is 0 Å². The number of ether oxygens (including phenoxy) is 2. The zero-order valence-corrected chi connectivity index (χ0v) is 16.0. The van der Waals surface area contributed by atoms with E-state index in [-0.39, 0.29) is 17.5 Å². The van der Waals surface area contributed by atoms with Gasteiger partial charge in [0.2, 0.25) is 15.9 Å². The topological polar surface area (TPSA) is 107 Å². The van der Waals surface area contributed by atoms with Crippen molar-refractivity contribution < 1.29 is 22.7 Å². The van der Waals surface area contributed by atoms with E-state index in [0.717, 1.165) is 17.6 Å². The molecule has 0 aliphatic heterocycles. The summed E-state index contributed by atoms with van der Waals surface area (Å²) in [4.78, 5) is 16.3. The number of hydrogen-bond donors (Lipinski definition) is 2. The largest absolute Gasteiger partial charge is 0.495 e. The average Bonchev–Trinajstić information content (AvgIpc) is 2.92. The van der Waals surface area contributed by atoms with E-state index in [2.05, 4.69) is 15.0 Å². The Morgan fingerprint density at radius 1 is 1.28 bits per heavy atom. The van der Waals surface area contributed by atoms with Crippen LogP contribution in [0.25, 0.3) is 0 Å². The number of aromatic nitrogens is 1. The fourth-order valence-corrected chi connectivity index (χ4v) is 3.71. The number of thiazole rings is 1. The Balaban J connectivity index is 2.09. The lowest BCUT2D eigenvalue weighted by molar-refractivity contribution is -0.115. The molecule has 1 aromatic carbocycles. The predicted octanol–water partition coefficient (Wildman–Crippen LogP) is 2.37. The molecule has 0 spiro atoms. The minimum atomic E-state index is -3.41. The molecular formula is C14H16ClN3O5S2. The van der Waals surface area contributed by atoms with Gasteiger partial charge in [0, 0.05) is 11.4 Å². The molecule has 1 amide bonds. The average molecular weight is 406 g/mol. The Kier molecular flexibility index (Phi) is 6.09. The van der Waals surface area contributed by atoms with E-state index in [4.69, 9.17) is 21.1 Å². The lowest BCUT2D eigenvalue weighted by Crippen LogP contribution is -2.15. The van der Waals surface area contributed by atoms with Crippen molar-refractivity contribution in [1.29, 1.82) is 0 Å². The maximum absolute atomic E-state index is 12.2. The van der Waals surface area contributed by atoms with Gasteiger partial charge in [-0.05, 0) is 6.07 Å². The van der Waals surface area contributed by atoms with E-state index in [9.17, 15) is 13.2 Å². The van der Waals surface area contributed by atoms with E-state index < -0.39 is 10.0 Å². The lowest BCUT2D eigenvalue weighted by atomic mass is 10.2. The van der Waals surface area contributed by atoms with Crippen molar-refractivity contribution in [2.75, 3.05) is 30.5 Å². The first-order valence-electron chi connectivity index (χ1n) is 6.85. The van der Waals surface area contributed by atoms with Gasteiger partial charge < -0.3 is 14.8 Å². The van der Waals surface area contributed by atoms with E-state index in [1.165, 1.54) is 20.3 Å². The van der Waals surface area contributed by atoms with Crippen molar-refractivity contribution in [2.24, 2.45) is 0 Å². The summed E-state index contributed by atoms with van der Waals surface area (Å²) in [7, 11) is -0.471. The highest BCUT2D eigenvalue weighted by Gasteiger charge is 2.14. The molecule has 136 valence electrons. The maximum atomic E-state index is 12.2. The SMILES string of the molecule is COc1cc(OC)c(NC(=O)Cc2csc(NS(C)(=O)=O)n2)cc1Cl. The summed E-state index contributed by atoms with van der Waals surface area (Å²) < 4.78 is 34.9. The van der Waals surface area contributed by atoms with Crippen LogP contribution in [0.4, 0.5) is 10.8 Å². The zero-order chi connectivity index (χ0) is 18.6. The predicted molar refractivity (Wildman–Crippen MR) is 97.5 cm³/mol. The number of methoxy groups -OCH3 is 2. The molecule has 1 heterocycles. The third kappa shape index (κ3) is 5.48. The Bertz CT molecular complexity index is 883. The van der Waals surface area contributed by atoms with E-state index in [1.54, 1.807) is 11.4 Å². The first kappa shape index (κ1) is 19.3. The Morgan fingerprint density at radius 2 is 1.96 bits per heavy atom. The molecular weight excluding hydrogens is 390 g/mol. The van der Waals surface area contributed by atoms with Crippen molar-refractivity contribution in [3.05, 3.63) is 28.2 Å². The van der Waals surface area contributed by atoms with Crippen LogP contribution in [0.5, 0.6) is 11.5 Å². The number of benzene rings is 1. The third-order valence-corrected chi connectivity index (χ3v) is 4.71. The van der Waals surface area contributed by atoms with Crippen molar-refractivity contribution in [3.63, 3.8) is 0 Å². The number of nitrogens with one attached hydrogen (secondary N) is 2. The molecule has 0 aliphatic rings. The van der Waals surface area contributed by atoms with Gasteiger partial charge in [-0.25, -0.2) is 13.4 Å². The maximum Gasteiger partial charge on any atom is 0.231 e. The lowest BCUT2D eigenvalue weighted by Gasteiger charge is -2.12. The van der Waals surface area contributed by atoms with Gasteiger partial charge in [-0.3, -0.25) is 9.52 Å². The van der Waals surface area contributed by atoms with Gasteiger partial charge in [-0.2, -0.15) is 0 Å². The van der Waals surface area contributed by atoms with E-state index in [1.807, 2.05) is 0 Å². The van der Waals surface area contributed by atoms with Gasteiger partial charge in [0.1, 0.15) is 11.5 Å². The highest BCUT2D eigenvalue weighted by molar-refractivity contribution is 7.92. The Hall–Kier alpha value is -2.04. The summed E-state index contributed by atoms with van der Waals surface area (Å²) in [6, 6.07) is 3.09. The molecule has 0 radical (unpaired) electrons. The molecule has 0 bridgehead atoms. The zero-order valence-electron chi connectivity index (χ0n) is 13.6. The van der Waals surface area contributed by atoms with Gasteiger partial charge in [-0.15, -0.1) is 11.3 Å². The molecule has 0 saturated carbocycles. The molecule has 25 heavy (non-hydrogen) atoms. The summed E-state index contributed by atoms with van der Waals surface area (Å²) in [5.41, 5.74) is 0.829. The number of nitrogens with zero attached hydrogens (tertiary/aromatic N) is 1. The molecule has 0 unspecified atom stereocenters. The second-order valence-corrected chi connectivity index (χ2v) is 7.94. The van der Waals surface area contributed by atoms with Crippen molar-refractivity contribution in [2.45, 2.75) is 6.42 Å². The minimum absolute atomic E-state index is 0.0330. The van der Waals surface area contributed by atoms with Crippen LogP contribution < -0.4 is 19.5 Å². The van der Waals surface area contributed by atoms with Gasteiger partial charge in [-0.1, -0.05) is 11.6 Å². The van der Waals surface area contributed by atoms with Crippen LogP contribution in [0.2, 0.25) is 5.02 Å². The second-order valence-electron chi connectivity index (χ2n) is 4.93. The molecule has 0 fully saturated rings. The molecule has 0 saturated heterocycles. The molecule has 0 atom stereocenters. The molecule has 2 N–H and O–H groups in total. The van der Waals surface area contributed by atoms with Crippen LogP contribution in [0.15, 0.2) is 17.5 Å². The monoisotopic (exact) mass is 405 g/mol. The van der Waals surface area contributed by atoms with Crippen LogP contribution >= 0.6 is 22.9 Å². The van der Waals surface area contributed by atoms with Crippen LogP contribution in [-0.2, 0) is 21.2 Å². The summed E-state index contributed by atoms with van der Waals surface area (Å²) in [5.74, 6) is 0.468. The van der Waals surface area contributed by atoms with Crippen LogP contribution in [-0.4, -0.2) is 39.8 Å². The molecule has 1 aromatic heterocycles. The fraction of sp³-hybridized carbons (Fsp3) is 0.286. The molecule has 0 aliphatic carbocycles. The van der Waals surface area contributed by atoms with E-state index in [0.29, 0.717) is 27.9 Å². The van der Waals surface area contributed by atoms with Crippen molar-refractivity contribution >= 4 is 49.7 Å². The van der Waals surface area contributed by atoms with Gasteiger partial charge in [0.25, 0.3) is 0 Å². The van der Waals surface area contributed by atoms with Gasteiger partial charge in [0.15, 0.2) is 5.13 Å². The molecule has 2 aromatic rings. The number of anilines is 2. The number of halogens is 1.